The summed E-state index contributed by atoms with van der Waals surface area (Å²) in [5.74, 6) is 0.164. The van der Waals surface area contributed by atoms with Gasteiger partial charge in [0.1, 0.15) is 5.82 Å². The number of halogens is 1. The molecular weight excluding hydrogens is 549 g/mol. The van der Waals surface area contributed by atoms with Crippen molar-refractivity contribution in [1.29, 1.82) is 0 Å². The first-order chi connectivity index (χ1) is 14.2. The zero-order valence-electron chi connectivity index (χ0n) is 16.1. The van der Waals surface area contributed by atoms with Crippen molar-refractivity contribution in [2.24, 2.45) is 10.7 Å². The minimum atomic E-state index is -1.75. The van der Waals surface area contributed by atoms with Gasteiger partial charge in [-0.2, -0.15) is 0 Å². The minimum Gasteiger partial charge on any atom is -0.857 e. The van der Waals surface area contributed by atoms with E-state index in [0.717, 1.165) is 5.69 Å². The van der Waals surface area contributed by atoms with Crippen LogP contribution >= 0.6 is 15.9 Å². The van der Waals surface area contributed by atoms with E-state index in [1.807, 2.05) is 0 Å². The number of aromatic amines is 1. The summed E-state index contributed by atoms with van der Waals surface area (Å²) in [5, 5.41) is 44.7. The van der Waals surface area contributed by atoms with Crippen molar-refractivity contribution >= 4 is 21.8 Å². The SMILES string of the molecule is NCCNCc1ncc(Br)c(C([O-])=NCCc2cnc[nH]2)n1.O.O=[N+]([O-])[O-].O=[N+]([O-])[O-].[Co+3]. The fraction of sp³-hybridized carbons (Fsp3) is 0.385. The second kappa shape index (κ2) is 20.0. The van der Waals surface area contributed by atoms with Crippen LogP contribution in [0.1, 0.15) is 17.2 Å². The second-order valence-electron chi connectivity index (χ2n) is 4.91. The molecule has 0 aliphatic carbocycles. The number of nitrogens with zero attached hydrogens (tertiary/aromatic N) is 6. The van der Waals surface area contributed by atoms with Crippen molar-refractivity contribution in [1.82, 2.24) is 25.3 Å². The van der Waals surface area contributed by atoms with Crippen molar-refractivity contribution in [2.45, 2.75) is 13.0 Å². The van der Waals surface area contributed by atoms with Crippen molar-refractivity contribution in [3.63, 3.8) is 0 Å². The van der Waals surface area contributed by atoms with Gasteiger partial charge in [-0.1, -0.05) is 0 Å². The van der Waals surface area contributed by atoms with Gasteiger partial charge in [-0.3, -0.25) is 4.99 Å². The third kappa shape index (κ3) is 17.8. The largest absolute Gasteiger partial charge is 3.00 e. The number of imidazole rings is 1. The molecule has 0 saturated carbocycles. The first kappa shape index (κ1) is 33.7. The molecule has 0 fully saturated rings. The van der Waals surface area contributed by atoms with E-state index in [-0.39, 0.29) is 33.8 Å². The quantitative estimate of drug-likeness (QED) is 0.103. The topological polar surface area (TPSA) is 292 Å². The Morgan fingerprint density at radius 2 is 1.81 bits per heavy atom. The molecule has 0 amide bonds. The predicted molar refractivity (Wildman–Crippen MR) is 109 cm³/mol. The number of hydrogen-bond acceptors (Lipinski definition) is 13. The zero-order chi connectivity index (χ0) is 22.9. The third-order valence-electron chi connectivity index (χ3n) is 2.79. The van der Waals surface area contributed by atoms with Gasteiger partial charge in [0, 0.05) is 50.0 Å². The van der Waals surface area contributed by atoms with Crippen LogP contribution in [-0.2, 0) is 29.7 Å². The molecule has 0 radical (unpaired) electrons. The average Bonchev–Trinajstić information content (AvgIpc) is 3.16. The van der Waals surface area contributed by atoms with Crippen LogP contribution in [0.15, 0.2) is 28.2 Å². The molecule has 17 nitrogen and oxygen atoms in total. The number of aliphatic imine (C=N–C) groups is 1. The molecule has 32 heavy (non-hydrogen) atoms. The Labute approximate surface area is 199 Å². The van der Waals surface area contributed by atoms with Crippen molar-refractivity contribution in [2.75, 3.05) is 19.6 Å². The predicted octanol–water partition coefficient (Wildman–Crippen LogP) is -1.95. The van der Waals surface area contributed by atoms with Gasteiger partial charge < -0.3 is 57.3 Å². The van der Waals surface area contributed by atoms with Gasteiger partial charge in [-0.05, 0) is 15.9 Å². The molecule has 0 aliphatic rings. The van der Waals surface area contributed by atoms with Crippen LogP contribution in [0, 0.1) is 30.6 Å². The van der Waals surface area contributed by atoms with Crippen molar-refractivity contribution in [3.8, 4) is 0 Å². The fourth-order valence-corrected chi connectivity index (χ4v) is 2.08. The van der Waals surface area contributed by atoms with E-state index in [0.29, 0.717) is 42.9 Å². The van der Waals surface area contributed by atoms with E-state index in [1.165, 1.54) is 0 Å². The monoisotopic (exact) mass is 567 g/mol. The summed E-state index contributed by atoms with van der Waals surface area (Å²) in [5.41, 5.74) is 6.61. The summed E-state index contributed by atoms with van der Waals surface area (Å²) < 4.78 is 0.533. The summed E-state index contributed by atoms with van der Waals surface area (Å²) in [6, 6.07) is 0. The Balaban J connectivity index is -0.000000729. The maximum atomic E-state index is 12.1. The van der Waals surface area contributed by atoms with Gasteiger partial charge in [-0.15, -0.1) is 0 Å². The summed E-state index contributed by atoms with van der Waals surface area (Å²) in [6.07, 6.45) is 5.49. The summed E-state index contributed by atoms with van der Waals surface area (Å²) in [6.45, 7) is 2.03. The molecule has 2 aromatic heterocycles. The zero-order valence-corrected chi connectivity index (χ0v) is 18.7. The number of aromatic nitrogens is 4. The van der Waals surface area contributed by atoms with Crippen LogP contribution in [0.2, 0.25) is 0 Å². The van der Waals surface area contributed by atoms with Crippen LogP contribution < -0.4 is 16.2 Å². The molecule has 2 rings (SSSR count). The molecule has 19 heteroatoms. The van der Waals surface area contributed by atoms with Gasteiger partial charge >= 0.3 is 16.8 Å². The molecule has 180 valence electrons. The molecule has 2 aromatic rings. The summed E-state index contributed by atoms with van der Waals surface area (Å²) in [4.78, 5) is 35.8. The number of nitrogens with one attached hydrogen (secondary N) is 2. The van der Waals surface area contributed by atoms with Gasteiger partial charge in [0.25, 0.3) is 0 Å². The maximum Gasteiger partial charge on any atom is 3.00 e. The fourth-order valence-electron chi connectivity index (χ4n) is 1.72. The Morgan fingerprint density at radius 3 is 2.31 bits per heavy atom. The summed E-state index contributed by atoms with van der Waals surface area (Å²) in [7, 11) is 0. The molecule has 0 unspecified atom stereocenters. The molecule has 0 bridgehead atoms. The number of rotatable bonds is 8. The normalized spacial score (nSPS) is 9.62. The van der Waals surface area contributed by atoms with E-state index in [1.54, 1.807) is 18.7 Å². The molecular formula is C13H19BrCoN9O8. The second-order valence-corrected chi connectivity index (χ2v) is 5.76. The van der Waals surface area contributed by atoms with Gasteiger partial charge in [0.15, 0.2) is 0 Å². The van der Waals surface area contributed by atoms with Crippen LogP contribution in [0.3, 0.4) is 0 Å². The molecule has 0 aliphatic heterocycles. The van der Waals surface area contributed by atoms with E-state index < -0.39 is 10.2 Å². The Morgan fingerprint density at radius 1 is 1.22 bits per heavy atom. The number of hydrogen-bond donors (Lipinski definition) is 3. The first-order valence-electron chi connectivity index (χ1n) is 7.91. The molecule has 0 spiro atoms. The first-order valence-corrected chi connectivity index (χ1v) is 8.71. The van der Waals surface area contributed by atoms with E-state index >= 15 is 0 Å². The van der Waals surface area contributed by atoms with Crippen LogP contribution in [0.25, 0.3) is 0 Å². The standard InChI is InChI=1S/C13H18BrN7O.Co.2NO3.H2O/c14-10-6-19-11(7-16-4-2-15)21-12(10)13(22)18-3-1-9-5-17-8-20-9;;2*2-1(3)4;/h5-6,8,16H,1-4,7,15H2,(H,17,20)(H,18,22);;;;1H2/q;+3;2*-1;/p-1. The molecule has 0 saturated heterocycles. The third-order valence-corrected chi connectivity index (χ3v) is 3.37. The van der Waals surface area contributed by atoms with Crippen molar-refractivity contribution in [3.05, 3.63) is 71.0 Å². The molecule has 2 heterocycles. The van der Waals surface area contributed by atoms with Gasteiger partial charge in [-0.25, -0.2) is 15.0 Å². The van der Waals surface area contributed by atoms with Crippen molar-refractivity contribution < 1.29 is 37.5 Å². The van der Waals surface area contributed by atoms with E-state index in [2.05, 4.69) is 46.2 Å². The maximum absolute atomic E-state index is 12.1. The van der Waals surface area contributed by atoms with Crippen LogP contribution in [-0.4, -0.2) is 61.1 Å². The number of nitrogens with two attached hydrogens (primary N) is 1. The number of H-pyrrole nitrogens is 1. The average molecular weight is 568 g/mol. The Hall–Kier alpha value is -2.97. The molecule has 6 N–H and O–H groups in total. The Kier molecular flexibility index (Phi) is 21.0. The van der Waals surface area contributed by atoms with E-state index in [4.69, 9.17) is 36.4 Å². The van der Waals surface area contributed by atoms with Gasteiger partial charge in [0.05, 0.1) is 33.2 Å². The Bertz CT molecular complexity index is 793. The van der Waals surface area contributed by atoms with Crippen LogP contribution in [0.5, 0.6) is 0 Å². The van der Waals surface area contributed by atoms with Crippen LogP contribution in [0.4, 0.5) is 0 Å². The summed E-state index contributed by atoms with van der Waals surface area (Å²) >= 11 is 3.28. The smallest absolute Gasteiger partial charge is 0.857 e. The van der Waals surface area contributed by atoms with Gasteiger partial charge in [0.2, 0.25) is 0 Å². The van der Waals surface area contributed by atoms with E-state index in [9.17, 15) is 5.11 Å². The molecule has 0 atom stereocenters. The molecule has 0 aromatic carbocycles. The minimum absolute atomic E-state index is 0.